The summed E-state index contributed by atoms with van der Waals surface area (Å²) in [6, 6.07) is 22.9. The molecule has 33 heavy (non-hydrogen) atoms. The Morgan fingerprint density at radius 1 is 0.970 bits per heavy atom. The van der Waals surface area contributed by atoms with Crippen molar-refractivity contribution in [2.75, 3.05) is 26.3 Å². The number of carbonyl (C=O) groups is 1. The molecule has 1 saturated heterocycles. The molecule has 0 unspecified atom stereocenters. The van der Waals surface area contributed by atoms with Crippen LogP contribution in [-0.4, -0.2) is 44.9 Å². The highest BCUT2D eigenvalue weighted by atomic mass is 32.2. The van der Waals surface area contributed by atoms with Crippen LogP contribution < -0.4 is 5.32 Å². The molecular formula is C25H23N3O4S. The second kappa shape index (κ2) is 9.96. The van der Waals surface area contributed by atoms with Crippen LogP contribution in [0.2, 0.25) is 0 Å². The standard InChI is InChI=1S/C25H23N3O4S/c26-17-19-5-7-20(8-6-19)18-27-25(29)24-4-2-1-3-23(24)21-9-11-22(12-10-21)33(30,31)28-13-15-32-16-14-28/h1-12H,13-16,18H2,(H,27,29). The van der Waals surface area contributed by atoms with Crippen LogP contribution in [0.3, 0.4) is 0 Å². The normalized spacial score (nSPS) is 14.4. The lowest BCUT2D eigenvalue weighted by atomic mass is 9.99. The Kier molecular flexibility index (Phi) is 6.84. The molecule has 0 aromatic heterocycles. The van der Waals surface area contributed by atoms with Crippen molar-refractivity contribution < 1.29 is 17.9 Å². The predicted octanol–water partition coefficient (Wildman–Crippen LogP) is 3.18. The smallest absolute Gasteiger partial charge is 0.252 e. The van der Waals surface area contributed by atoms with E-state index in [2.05, 4.69) is 11.4 Å². The molecule has 1 aliphatic heterocycles. The summed E-state index contributed by atoms with van der Waals surface area (Å²) < 4.78 is 32.4. The minimum atomic E-state index is -3.58. The van der Waals surface area contributed by atoms with Crippen LogP contribution in [0.15, 0.2) is 77.7 Å². The summed E-state index contributed by atoms with van der Waals surface area (Å²) in [5, 5.41) is 11.8. The molecule has 7 nitrogen and oxygen atoms in total. The number of sulfonamides is 1. The average molecular weight is 462 g/mol. The van der Waals surface area contributed by atoms with Gasteiger partial charge in [-0.15, -0.1) is 0 Å². The van der Waals surface area contributed by atoms with Gasteiger partial charge in [0.2, 0.25) is 10.0 Å². The van der Waals surface area contributed by atoms with E-state index in [0.29, 0.717) is 49.5 Å². The van der Waals surface area contributed by atoms with E-state index in [1.165, 1.54) is 4.31 Å². The number of amides is 1. The third-order valence-corrected chi connectivity index (χ3v) is 7.39. The zero-order valence-corrected chi connectivity index (χ0v) is 18.7. The van der Waals surface area contributed by atoms with Gasteiger partial charge < -0.3 is 10.1 Å². The van der Waals surface area contributed by atoms with Gasteiger partial charge in [0.05, 0.1) is 29.7 Å². The molecule has 3 aromatic rings. The Balaban J connectivity index is 1.51. The molecular weight excluding hydrogens is 438 g/mol. The van der Waals surface area contributed by atoms with Gasteiger partial charge in [0.1, 0.15) is 0 Å². The number of carbonyl (C=O) groups excluding carboxylic acids is 1. The summed E-state index contributed by atoms with van der Waals surface area (Å²) in [6.45, 7) is 1.79. The fraction of sp³-hybridized carbons (Fsp3) is 0.200. The number of nitrogens with zero attached hydrogens (tertiary/aromatic N) is 2. The van der Waals surface area contributed by atoms with Crippen molar-refractivity contribution in [2.45, 2.75) is 11.4 Å². The molecule has 0 spiro atoms. The highest BCUT2D eigenvalue weighted by Gasteiger charge is 2.26. The largest absolute Gasteiger partial charge is 0.379 e. The summed E-state index contributed by atoms with van der Waals surface area (Å²) in [5.74, 6) is -0.236. The van der Waals surface area contributed by atoms with Gasteiger partial charge in [-0.2, -0.15) is 9.57 Å². The Hall–Kier alpha value is -3.51. The first-order chi connectivity index (χ1) is 16.0. The van der Waals surface area contributed by atoms with Crippen LogP contribution in [0, 0.1) is 11.3 Å². The topological polar surface area (TPSA) is 99.5 Å². The first kappa shape index (κ1) is 22.7. The lowest BCUT2D eigenvalue weighted by molar-refractivity contribution is 0.0730. The third-order valence-electron chi connectivity index (χ3n) is 5.48. The summed E-state index contributed by atoms with van der Waals surface area (Å²) in [4.78, 5) is 13.1. The quantitative estimate of drug-likeness (QED) is 0.608. The molecule has 168 valence electrons. The van der Waals surface area contributed by atoms with Crippen LogP contribution in [0.4, 0.5) is 0 Å². The van der Waals surface area contributed by atoms with Crippen LogP contribution in [-0.2, 0) is 21.3 Å². The number of nitriles is 1. The molecule has 4 rings (SSSR count). The second-order valence-corrected chi connectivity index (χ2v) is 9.52. The Bertz CT molecular complexity index is 1270. The Labute approximate surface area is 193 Å². The van der Waals surface area contributed by atoms with Gasteiger partial charge in [-0.05, 0) is 47.0 Å². The van der Waals surface area contributed by atoms with Gasteiger partial charge in [-0.3, -0.25) is 4.79 Å². The second-order valence-electron chi connectivity index (χ2n) is 7.58. The molecule has 1 N–H and O–H groups in total. The van der Waals surface area contributed by atoms with Gasteiger partial charge in [0, 0.05) is 25.2 Å². The van der Waals surface area contributed by atoms with Crippen molar-refractivity contribution in [3.05, 3.63) is 89.5 Å². The van der Waals surface area contributed by atoms with Gasteiger partial charge in [-0.25, -0.2) is 8.42 Å². The molecule has 1 amide bonds. The fourth-order valence-electron chi connectivity index (χ4n) is 3.65. The highest BCUT2D eigenvalue weighted by Crippen LogP contribution is 2.26. The van der Waals surface area contributed by atoms with Gasteiger partial charge in [0.25, 0.3) is 5.91 Å². The Morgan fingerprint density at radius 3 is 2.30 bits per heavy atom. The number of hydrogen-bond acceptors (Lipinski definition) is 5. The van der Waals surface area contributed by atoms with Crippen molar-refractivity contribution >= 4 is 15.9 Å². The van der Waals surface area contributed by atoms with E-state index in [4.69, 9.17) is 10.00 Å². The number of hydrogen-bond donors (Lipinski definition) is 1. The maximum absolute atomic E-state index is 12.9. The maximum atomic E-state index is 12.9. The van der Waals surface area contributed by atoms with E-state index >= 15 is 0 Å². The van der Waals surface area contributed by atoms with Gasteiger partial charge >= 0.3 is 0 Å². The number of ether oxygens (including phenoxy) is 1. The van der Waals surface area contributed by atoms with E-state index in [1.54, 1.807) is 60.7 Å². The molecule has 1 aliphatic rings. The van der Waals surface area contributed by atoms with Crippen molar-refractivity contribution in [3.63, 3.8) is 0 Å². The maximum Gasteiger partial charge on any atom is 0.252 e. The third kappa shape index (κ3) is 5.12. The molecule has 1 fully saturated rings. The van der Waals surface area contributed by atoms with E-state index in [0.717, 1.165) is 11.1 Å². The number of rotatable bonds is 6. The van der Waals surface area contributed by atoms with Crippen molar-refractivity contribution in [1.29, 1.82) is 5.26 Å². The molecule has 1 heterocycles. The molecule has 0 aliphatic carbocycles. The highest BCUT2D eigenvalue weighted by molar-refractivity contribution is 7.89. The summed E-state index contributed by atoms with van der Waals surface area (Å²) in [5.41, 5.74) is 3.41. The lowest BCUT2D eigenvalue weighted by Crippen LogP contribution is -2.40. The first-order valence-corrected chi connectivity index (χ1v) is 12.0. The SMILES string of the molecule is N#Cc1ccc(CNC(=O)c2ccccc2-c2ccc(S(=O)(=O)N3CCOCC3)cc2)cc1. The van der Waals surface area contributed by atoms with Gasteiger partial charge in [0.15, 0.2) is 0 Å². The number of morpholine rings is 1. The van der Waals surface area contributed by atoms with Crippen LogP contribution in [0.25, 0.3) is 11.1 Å². The minimum absolute atomic E-state index is 0.218. The molecule has 0 radical (unpaired) electrons. The van der Waals surface area contributed by atoms with Crippen molar-refractivity contribution in [1.82, 2.24) is 9.62 Å². The van der Waals surface area contributed by atoms with Crippen LogP contribution in [0.1, 0.15) is 21.5 Å². The predicted molar refractivity (Wildman–Crippen MR) is 124 cm³/mol. The van der Waals surface area contributed by atoms with E-state index in [9.17, 15) is 13.2 Å². The summed E-state index contributed by atoms with van der Waals surface area (Å²) in [6.07, 6.45) is 0. The van der Waals surface area contributed by atoms with Crippen molar-refractivity contribution in [3.8, 4) is 17.2 Å². The Morgan fingerprint density at radius 2 is 1.64 bits per heavy atom. The number of nitrogens with one attached hydrogen (secondary N) is 1. The molecule has 0 atom stereocenters. The molecule has 3 aromatic carbocycles. The summed E-state index contributed by atoms with van der Waals surface area (Å²) in [7, 11) is -3.58. The van der Waals surface area contributed by atoms with E-state index in [1.807, 2.05) is 12.1 Å². The lowest BCUT2D eigenvalue weighted by Gasteiger charge is -2.26. The first-order valence-electron chi connectivity index (χ1n) is 10.5. The van der Waals surface area contributed by atoms with Crippen molar-refractivity contribution in [2.24, 2.45) is 0 Å². The zero-order chi connectivity index (χ0) is 23.3. The fourth-order valence-corrected chi connectivity index (χ4v) is 5.06. The molecule has 0 bridgehead atoms. The summed E-state index contributed by atoms with van der Waals surface area (Å²) >= 11 is 0. The average Bonchev–Trinajstić information content (AvgIpc) is 2.88. The van der Waals surface area contributed by atoms with E-state index in [-0.39, 0.29) is 10.8 Å². The zero-order valence-electron chi connectivity index (χ0n) is 17.9. The van der Waals surface area contributed by atoms with E-state index < -0.39 is 10.0 Å². The van der Waals surface area contributed by atoms with Crippen LogP contribution >= 0.6 is 0 Å². The van der Waals surface area contributed by atoms with Gasteiger partial charge in [-0.1, -0.05) is 42.5 Å². The monoisotopic (exact) mass is 461 g/mol. The number of benzene rings is 3. The molecule has 0 saturated carbocycles. The van der Waals surface area contributed by atoms with Crippen LogP contribution in [0.5, 0.6) is 0 Å². The molecule has 8 heteroatoms. The minimum Gasteiger partial charge on any atom is -0.379 e.